The summed E-state index contributed by atoms with van der Waals surface area (Å²) in [5.41, 5.74) is 5.47. The quantitative estimate of drug-likeness (QED) is 0.442. The number of nitro benzene ring substituents is 1. The standard InChI is InChI=1S/C17H13N5O2/c23-22(24)14-9-7-13(8-10-14)20-21-17(15-5-1-3-11-18-15)16-6-2-4-12-19-16/h1-12,20H. The van der Waals surface area contributed by atoms with E-state index in [-0.39, 0.29) is 5.69 Å². The van der Waals surface area contributed by atoms with Crippen LogP contribution in [0.25, 0.3) is 0 Å². The Kier molecular flexibility index (Phi) is 4.52. The largest absolute Gasteiger partial charge is 0.278 e. The zero-order valence-electron chi connectivity index (χ0n) is 12.5. The number of rotatable bonds is 5. The predicted molar refractivity (Wildman–Crippen MR) is 90.8 cm³/mol. The SMILES string of the molecule is O=[N+]([O-])c1ccc(NN=C(c2ccccn2)c2ccccn2)cc1. The lowest BCUT2D eigenvalue weighted by Crippen LogP contribution is -2.10. The third kappa shape index (κ3) is 3.58. The maximum Gasteiger partial charge on any atom is 0.269 e. The van der Waals surface area contributed by atoms with Crippen molar-refractivity contribution in [1.82, 2.24) is 9.97 Å². The number of hydrogen-bond acceptors (Lipinski definition) is 6. The van der Waals surface area contributed by atoms with Crippen LogP contribution in [0, 0.1) is 10.1 Å². The molecule has 3 aromatic rings. The van der Waals surface area contributed by atoms with Gasteiger partial charge in [0.2, 0.25) is 0 Å². The van der Waals surface area contributed by atoms with Crippen LogP contribution in [0.2, 0.25) is 0 Å². The molecule has 0 aliphatic rings. The molecule has 0 spiro atoms. The Morgan fingerprint density at radius 1 is 0.917 bits per heavy atom. The normalized spacial score (nSPS) is 10.0. The lowest BCUT2D eigenvalue weighted by atomic mass is 10.1. The van der Waals surface area contributed by atoms with Gasteiger partial charge in [-0.25, -0.2) is 0 Å². The van der Waals surface area contributed by atoms with Gasteiger partial charge in [-0.05, 0) is 36.4 Å². The molecule has 7 heteroatoms. The number of nitro groups is 1. The van der Waals surface area contributed by atoms with E-state index in [1.165, 1.54) is 12.1 Å². The molecule has 0 unspecified atom stereocenters. The van der Waals surface area contributed by atoms with Crippen molar-refractivity contribution in [2.24, 2.45) is 5.10 Å². The van der Waals surface area contributed by atoms with Crippen LogP contribution in [-0.2, 0) is 0 Å². The van der Waals surface area contributed by atoms with E-state index >= 15 is 0 Å². The smallest absolute Gasteiger partial charge is 0.269 e. The number of anilines is 1. The average Bonchev–Trinajstić information content (AvgIpc) is 2.64. The van der Waals surface area contributed by atoms with Gasteiger partial charge in [0.25, 0.3) is 5.69 Å². The molecule has 2 heterocycles. The van der Waals surface area contributed by atoms with E-state index in [0.29, 0.717) is 22.8 Å². The molecule has 7 nitrogen and oxygen atoms in total. The van der Waals surface area contributed by atoms with E-state index < -0.39 is 4.92 Å². The Morgan fingerprint density at radius 3 is 1.96 bits per heavy atom. The summed E-state index contributed by atoms with van der Waals surface area (Å²) in [6.45, 7) is 0. The van der Waals surface area contributed by atoms with E-state index in [2.05, 4.69) is 20.5 Å². The van der Waals surface area contributed by atoms with Gasteiger partial charge in [0.05, 0.1) is 22.0 Å². The summed E-state index contributed by atoms with van der Waals surface area (Å²) in [6.07, 6.45) is 3.36. The maximum atomic E-state index is 10.7. The number of hydrogen-bond donors (Lipinski definition) is 1. The van der Waals surface area contributed by atoms with E-state index in [0.717, 1.165) is 0 Å². The first-order valence-electron chi connectivity index (χ1n) is 7.15. The molecule has 0 bridgehead atoms. The minimum absolute atomic E-state index is 0.0270. The molecule has 0 radical (unpaired) electrons. The first-order chi connectivity index (χ1) is 11.7. The Labute approximate surface area is 137 Å². The first kappa shape index (κ1) is 15.3. The topological polar surface area (TPSA) is 93.3 Å². The highest BCUT2D eigenvalue weighted by atomic mass is 16.6. The van der Waals surface area contributed by atoms with Crippen LogP contribution in [0.15, 0.2) is 78.2 Å². The number of pyridine rings is 2. The van der Waals surface area contributed by atoms with Crippen molar-refractivity contribution in [3.63, 3.8) is 0 Å². The van der Waals surface area contributed by atoms with Crippen molar-refractivity contribution >= 4 is 17.1 Å². The van der Waals surface area contributed by atoms with Gasteiger partial charge in [-0.2, -0.15) is 5.10 Å². The van der Waals surface area contributed by atoms with Gasteiger partial charge in [-0.15, -0.1) is 0 Å². The minimum Gasteiger partial charge on any atom is -0.278 e. The molecule has 1 aromatic carbocycles. The Bertz CT molecular complexity index is 808. The zero-order valence-corrected chi connectivity index (χ0v) is 12.5. The first-order valence-corrected chi connectivity index (χ1v) is 7.15. The molecule has 1 N–H and O–H groups in total. The van der Waals surface area contributed by atoms with Gasteiger partial charge < -0.3 is 0 Å². The van der Waals surface area contributed by atoms with Gasteiger partial charge in [0.1, 0.15) is 5.71 Å². The molecule has 0 saturated carbocycles. The summed E-state index contributed by atoms with van der Waals surface area (Å²) < 4.78 is 0. The summed E-state index contributed by atoms with van der Waals surface area (Å²) in [4.78, 5) is 18.9. The lowest BCUT2D eigenvalue weighted by molar-refractivity contribution is -0.384. The molecule has 118 valence electrons. The highest BCUT2D eigenvalue weighted by molar-refractivity contribution is 6.10. The number of hydrazone groups is 1. The third-order valence-corrected chi connectivity index (χ3v) is 3.19. The molecule has 0 fully saturated rings. The summed E-state index contributed by atoms with van der Waals surface area (Å²) in [7, 11) is 0. The maximum absolute atomic E-state index is 10.7. The molecule has 0 saturated heterocycles. The number of nitrogens with zero attached hydrogens (tertiary/aromatic N) is 4. The number of non-ortho nitro benzene ring substituents is 1. The van der Waals surface area contributed by atoms with E-state index in [1.54, 1.807) is 24.5 Å². The summed E-state index contributed by atoms with van der Waals surface area (Å²) in [5.74, 6) is 0. The number of benzene rings is 1. The second-order valence-corrected chi connectivity index (χ2v) is 4.81. The van der Waals surface area contributed by atoms with E-state index in [4.69, 9.17) is 0 Å². The average molecular weight is 319 g/mol. The van der Waals surface area contributed by atoms with Gasteiger partial charge in [0, 0.05) is 24.5 Å². The van der Waals surface area contributed by atoms with Gasteiger partial charge in [-0.3, -0.25) is 25.5 Å². The van der Waals surface area contributed by atoms with Crippen molar-refractivity contribution in [2.75, 3.05) is 5.43 Å². The van der Waals surface area contributed by atoms with Crippen molar-refractivity contribution in [3.8, 4) is 0 Å². The molecule has 0 amide bonds. The van der Waals surface area contributed by atoms with Crippen molar-refractivity contribution in [1.29, 1.82) is 0 Å². The third-order valence-electron chi connectivity index (χ3n) is 3.19. The van der Waals surface area contributed by atoms with E-state index in [1.807, 2.05) is 36.4 Å². The molecule has 2 aromatic heterocycles. The molecule has 3 rings (SSSR count). The Morgan fingerprint density at radius 2 is 1.50 bits per heavy atom. The van der Waals surface area contributed by atoms with Crippen molar-refractivity contribution in [3.05, 3.63) is 94.6 Å². The van der Waals surface area contributed by atoms with Crippen molar-refractivity contribution < 1.29 is 4.92 Å². The lowest BCUT2D eigenvalue weighted by Gasteiger charge is -2.06. The van der Waals surface area contributed by atoms with Crippen molar-refractivity contribution in [2.45, 2.75) is 0 Å². The molecule has 0 aliphatic heterocycles. The monoisotopic (exact) mass is 319 g/mol. The van der Waals surface area contributed by atoms with Crippen LogP contribution in [0.3, 0.4) is 0 Å². The molecule has 24 heavy (non-hydrogen) atoms. The van der Waals surface area contributed by atoms with Gasteiger partial charge in [-0.1, -0.05) is 12.1 Å². The highest BCUT2D eigenvalue weighted by Gasteiger charge is 2.10. The van der Waals surface area contributed by atoms with Crippen LogP contribution in [0.1, 0.15) is 11.4 Å². The molecule has 0 atom stereocenters. The molecular formula is C17H13N5O2. The van der Waals surface area contributed by atoms with Crippen LogP contribution >= 0.6 is 0 Å². The van der Waals surface area contributed by atoms with Crippen LogP contribution < -0.4 is 5.43 Å². The van der Waals surface area contributed by atoms with Crippen LogP contribution in [0.4, 0.5) is 11.4 Å². The van der Waals surface area contributed by atoms with E-state index in [9.17, 15) is 10.1 Å². The minimum atomic E-state index is -0.444. The summed E-state index contributed by atoms with van der Waals surface area (Å²) in [5, 5.41) is 15.1. The fourth-order valence-electron chi connectivity index (χ4n) is 2.03. The number of nitrogens with one attached hydrogen (secondary N) is 1. The fraction of sp³-hybridized carbons (Fsp3) is 0. The highest BCUT2D eigenvalue weighted by Crippen LogP contribution is 2.16. The fourth-order valence-corrected chi connectivity index (χ4v) is 2.03. The Hall–Kier alpha value is -3.61. The zero-order chi connectivity index (χ0) is 16.8. The Balaban J connectivity index is 1.91. The predicted octanol–water partition coefficient (Wildman–Crippen LogP) is 3.25. The van der Waals surface area contributed by atoms with Crippen LogP contribution in [0.5, 0.6) is 0 Å². The van der Waals surface area contributed by atoms with Gasteiger partial charge >= 0.3 is 0 Å². The van der Waals surface area contributed by atoms with Gasteiger partial charge in [0.15, 0.2) is 0 Å². The summed E-state index contributed by atoms with van der Waals surface area (Å²) in [6, 6.07) is 17.1. The molecule has 0 aliphatic carbocycles. The molecular weight excluding hydrogens is 306 g/mol. The summed E-state index contributed by atoms with van der Waals surface area (Å²) >= 11 is 0. The second-order valence-electron chi connectivity index (χ2n) is 4.81. The number of aromatic nitrogens is 2. The van der Waals surface area contributed by atoms with Crippen LogP contribution in [-0.4, -0.2) is 20.6 Å². The second kappa shape index (κ2) is 7.10.